The first-order valence-corrected chi connectivity index (χ1v) is 13.4. The monoisotopic (exact) mass is 586 g/mol. The van der Waals surface area contributed by atoms with Crippen LogP contribution >= 0.6 is 11.8 Å². The molecule has 1 saturated heterocycles. The molecule has 0 saturated carbocycles. The van der Waals surface area contributed by atoms with Crippen molar-refractivity contribution in [2.24, 2.45) is 0 Å². The maximum atomic E-state index is 12.2. The smallest absolute Gasteiger partial charge is 0.460 e. The number of fused-ring (bicyclic) bond motifs is 1. The standard InChI is InChI=1S/C18H22OS.C4HF9O3S/c1-2-3-11-19-18-16-7-5-4-6-14(16)8-9-17(18)15-10-12-20-13-15;5-1(6,3(9,10)11)2(7,8)4(12,13)17(14,15)16/h4-9,15H,2-3,10-13H2,1H3;(H,14,15,16). The predicted molar refractivity (Wildman–Crippen MR) is 121 cm³/mol. The Labute approximate surface area is 211 Å². The minimum absolute atomic E-state index is 0.668. The van der Waals surface area contributed by atoms with E-state index in [1.165, 1.54) is 40.7 Å². The highest BCUT2D eigenvalue weighted by Gasteiger charge is 2.85. The van der Waals surface area contributed by atoms with E-state index in [1.54, 1.807) is 0 Å². The van der Waals surface area contributed by atoms with E-state index in [0.717, 1.165) is 18.8 Å². The molecule has 1 fully saturated rings. The van der Waals surface area contributed by atoms with Gasteiger partial charge in [-0.25, -0.2) is 0 Å². The van der Waals surface area contributed by atoms with Gasteiger partial charge in [-0.2, -0.15) is 59.7 Å². The zero-order valence-electron chi connectivity index (χ0n) is 19.2. The molecular formula is C22H23F9O4S2. The number of benzene rings is 2. The van der Waals surface area contributed by atoms with Gasteiger partial charge >= 0.3 is 33.4 Å². The third-order valence-corrected chi connectivity index (χ3v) is 7.53. The fourth-order valence-electron chi connectivity index (χ4n) is 3.36. The van der Waals surface area contributed by atoms with Gasteiger partial charge in [-0.15, -0.1) is 0 Å². The van der Waals surface area contributed by atoms with Crippen LogP contribution in [0.3, 0.4) is 0 Å². The predicted octanol–water partition coefficient (Wildman–Crippen LogP) is 7.54. The minimum Gasteiger partial charge on any atom is -0.493 e. The fourth-order valence-corrected chi connectivity index (χ4v) is 5.06. The average molecular weight is 587 g/mol. The maximum Gasteiger partial charge on any atom is 0.460 e. The summed E-state index contributed by atoms with van der Waals surface area (Å²) in [5.41, 5.74) is 1.42. The van der Waals surface area contributed by atoms with Crippen LogP contribution in [0.4, 0.5) is 39.5 Å². The molecule has 0 bridgehead atoms. The molecule has 0 radical (unpaired) electrons. The Balaban J connectivity index is 0.000000265. The van der Waals surface area contributed by atoms with Crippen LogP contribution < -0.4 is 4.74 Å². The van der Waals surface area contributed by atoms with Crippen molar-refractivity contribution in [3.05, 3.63) is 42.0 Å². The van der Waals surface area contributed by atoms with Gasteiger partial charge in [-0.1, -0.05) is 49.7 Å². The van der Waals surface area contributed by atoms with E-state index in [-0.39, 0.29) is 0 Å². The average Bonchev–Trinajstić information content (AvgIpc) is 3.32. The molecule has 4 nitrogen and oxygen atoms in total. The summed E-state index contributed by atoms with van der Waals surface area (Å²) < 4.78 is 140. The summed E-state index contributed by atoms with van der Waals surface area (Å²) in [4.78, 5) is 0. The normalized spacial score (nSPS) is 17.4. The van der Waals surface area contributed by atoms with Gasteiger partial charge in [0.15, 0.2) is 0 Å². The molecule has 3 rings (SSSR count). The molecule has 1 unspecified atom stereocenters. The Morgan fingerprint density at radius 3 is 2.11 bits per heavy atom. The van der Waals surface area contributed by atoms with Crippen molar-refractivity contribution in [3.63, 3.8) is 0 Å². The molecule has 2 aromatic rings. The van der Waals surface area contributed by atoms with Gasteiger partial charge in [0.2, 0.25) is 0 Å². The summed E-state index contributed by atoms with van der Waals surface area (Å²) in [7, 11) is -7.17. The summed E-state index contributed by atoms with van der Waals surface area (Å²) in [5.74, 6) is -10.4. The molecule has 0 amide bonds. The van der Waals surface area contributed by atoms with Gasteiger partial charge in [0.05, 0.1) is 6.61 Å². The van der Waals surface area contributed by atoms with Crippen LogP contribution in [0.15, 0.2) is 36.4 Å². The Hall–Kier alpha value is -1.87. The molecule has 210 valence electrons. The summed E-state index contributed by atoms with van der Waals surface area (Å²) >= 11 is 2.06. The first-order chi connectivity index (χ1) is 16.9. The molecular weight excluding hydrogens is 563 g/mol. The Morgan fingerprint density at radius 1 is 0.973 bits per heavy atom. The number of rotatable bonds is 8. The van der Waals surface area contributed by atoms with Gasteiger partial charge in [-0.05, 0) is 35.5 Å². The van der Waals surface area contributed by atoms with E-state index in [0.29, 0.717) is 5.92 Å². The number of ether oxygens (including phenoxy) is 1. The van der Waals surface area contributed by atoms with E-state index in [4.69, 9.17) is 9.29 Å². The third-order valence-electron chi connectivity index (χ3n) is 5.46. The number of unbranched alkanes of at least 4 members (excludes halogenated alkanes) is 1. The lowest BCUT2D eigenvalue weighted by Gasteiger charge is -2.31. The number of alkyl halides is 9. The number of thioether (sulfide) groups is 1. The van der Waals surface area contributed by atoms with Crippen LogP contribution in [-0.4, -0.2) is 54.4 Å². The van der Waals surface area contributed by atoms with Gasteiger partial charge in [0.25, 0.3) is 0 Å². The molecule has 2 aromatic carbocycles. The molecule has 1 aliphatic heterocycles. The summed E-state index contributed by atoms with van der Waals surface area (Å²) in [5, 5.41) is -4.44. The van der Waals surface area contributed by atoms with Crippen molar-refractivity contribution in [2.75, 3.05) is 18.1 Å². The van der Waals surface area contributed by atoms with E-state index >= 15 is 0 Å². The van der Waals surface area contributed by atoms with E-state index in [1.807, 2.05) is 0 Å². The zero-order chi connectivity index (χ0) is 28.3. The molecule has 1 atom stereocenters. The Bertz CT molecular complexity index is 1160. The highest BCUT2D eigenvalue weighted by atomic mass is 32.2. The van der Waals surface area contributed by atoms with Gasteiger partial charge in [0, 0.05) is 11.1 Å². The van der Waals surface area contributed by atoms with Gasteiger partial charge in [-0.3, -0.25) is 4.55 Å². The molecule has 0 spiro atoms. The SMILES string of the molecule is CCCCOc1c(C2CCSC2)ccc2ccccc12.O=S(=O)(O)C(F)(F)C(F)(F)C(F)(F)C(F)(F)F. The van der Waals surface area contributed by atoms with Crippen molar-refractivity contribution < 1.29 is 57.2 Å². The van der Waals surface area contributed by atoms with Gasteiger partial charge in [0.1, 0.15) is 5.75 Å². The van der Waals surface area contributed by atoms with Crippen LogP contribution in [0.5, 0.6) is 5.75 Å². The van der Waals surface area contributed by atoms with E-state index < -0.39 is 33.4 Å². The molecule has 15 heteroatoms. The fraction of sp³-hybridized carbons (Fsp3) is 0.545. The second-order valence-electron chi connectivity index (χ2n) is 8.11. The molecule has 1 heterocycles. The maximum absolute atomic E-state index is 12.2. The van der Waals surface area contributed by atoms with Crippen molar-refractivity contribution in [2.45, 2.75) is 55.4 Å². The topological polar surface area (TPSA) is 63.6 Å². The number of halogens is 9. The number of hydrogen-bond acceptors (Lipinski definition) is 4. The summed E-state index contributed by atoms with van der Waals surface area (Å²) in [6, 6.07) is 13.1. The second-order valence-corrected chi connectivity index (χ2v) is 10.7. The lowest BCUT2D eigenvalue weighted by Crippen LogP contribution is -2.63. The van der Waals surface area contributed by atoms with Crippen LogP contribution in [0.2, 0.25) is 0 Å². The van der Waals surface area contributed by atoms with Gasteiger partial charge < -0.3 is 4.74 Å². The Morgan fingerprint density at radius 2 is 1.59 bits per heavy atom. The Kier molecular flexibility index (Phi) is 9.72. The van der Waals surface area contributed by atoms with Crippen molar-refractivity contribution >= 4 is 32.7 Å². The zero-order valence-corrected chi connectivity index (χ0v) is 20.8. The van der Waals surface area contributed by atoms with E-state index in [9.17, 15) is 47.9 Å². The van der Waals surface area contributed by atoms with Crippen molar-refractivity contribution in [1.29, 1.82) is 0 Å². The number of hydrogen-bond donors (Lipinski definition) is 1. The van der Waals surface area contributed by atoms with Crippen LogP contribution in [0, 0.1) is 0 Å². The summed E-state index contributed by atoms with van der Waals surface area (Å²) in [6.45, 7) is 3.04. The van der Waals surface area contributed by atoms with Crippen molar-refractivity contribution in [1.82, 2.24) is 0 Å². The first-order valence-electron chi connectivity index (χ1n) is 10.8. The molecule has 0 aliphatic carbocycles. The molecule has 37 heavy (non-hydrogen) atoms. The third kappa shape index (κ3) is 6.41. The molecule has 1 N–H and O–H groups in total. The molecule has 0 aromatic heterocycles. The van der Waals surface area contributed by atoms with E-state index in [2.05, 4.69) is 55.1 Å². The highest BCUT2D eigenvalue weighted by Crippen LogP contribution is 2.54. The largest absolute Gasteiger partial charge is 0.493 e. The van der Waals surface area contributed by atoms with Crippen LogP contribution in [-0.2, 0) is 10.1 Å². The van der Waals surface area contributed by atoms with Crippen LogP contribution in [0.1, 0.15) is 37.7 Å². The highest BCUT2D eigenvalue weighted by molar-refractivity contribution is 7.99. The second kappa shape index (κ2) is 11.5. The minimum atomic E-state index is -7.37. The molecule has 1 aliphatic rings. The quantitative estimate of drug-likeness (QED) is 0.197. The van der Waals surface area contributed by atoms with Crippen LogP contribution in [0.25, 0.3) is 10.8 Å². The summed E-state index contributed by atoms with van der Waals surface area (Å²) in [6.07, 6.45) is -3.54. The van der Waals surface area contributed by atoms with Crippen molar-refractivity contribution in [3.8, 4) is 5.75 Å². The lowest BCUT2D eigenvalue weighted by molar-refractivity contribution is -0.382. The first kappa shape index (κ1) is 31.3. The lowest BCUT2D eigenvalue weighted by atomic mass is 9.94.